The van der Waals surface area contributed by atoms with E-state index in [2.05, 4.69) is 5.32 Å². The van der Waals surface area contributed by atoms with Gasteiger partial charge in [-0.05, 0) is 38.5 Å². The van der Waals surface area contributed by atoms with Gasteiger partial charge in [0, 0.05) is 13.0 Å². The second kappa shape index (κ2) is 8.06. The van der Waals surface area contributed by atoms with Crippen LogP contribution in [-0.4, -0.2) is 30.7 Å². The molecular weight excluding hydrogens is 322 g/mol. The van der Waals surface area contributed by atoms with E-state index < -0.39 is 11.4 Å². The maximum absolute atomic E-state index is 11.9. The average Bonchev–Trinajstić information content (AvgIpc) is 2.46. The van der Waals surface area contributed by atoms with Gasteiger partial charge in [0.1, 0.15) is 0 Å². The number of carboxylic acid groups (broad SMARTS) is 1. The Bertz CT molecular complexity index is 586. The average molecular weight is 344 g/mol. The predicted molar refractivity (Wildman–Crippen MR) is 87.1 cm³/mol. The zero-order valence-electron chi connectivity index (χ0n) is 13.7. The highest BCUT2D eigenvalue weighted by atomic mass is 35.5. The molecule has 1 amide bonds. The molecule has 6 nitrogen and oxygen atoms in total. The summed E-state index contributed by atoms with van der Waals surface area (Å²) in [7, 11) is 1.51. The van der Waals surface area contributed by atoms with Crippen LogP contribution in [0.3, 0.4) is 0 Å². The highest BCUT2D eigenvalue weighted by molar-refractivity contribution is 6.32. The molecule has 23 heavy (non-hydrogen) atoms. The Hall–Kier alpha value is -1.95. The molecule has 0 saturated heterocycles. The van der Waals surface area contributed by atoms with E-state index in [9.17, 15) is 9.59 Å². The van der Waals surface area contributed by atoms with Gasteiger partial charge < -0.3 is 19.9 Å². The van der Waals surface area contributed by atoms with E-state index >= 15 is 0 Å². The maximum Gasteiger partial charge on any atom is 0.309 e. The van der Waals surface area contributed by atoms with Gasteiger partial charge in [0.2, 0.25) is 5.91 Å². The number of carbonyl (C=O) groups excluding carboxylic acids is 1. The van der Waals surface area contributed by atoms with Gasteiger partial charge in [-0.1, -0.05) is 11.6 Å². The largest absolute Gasteiger partial charge is 0.493 e. The molecule has 0 aliphatic heterocycles. The zero-order chi connectivity index (χ0) is 17.6. The van der Waals surface area contributed by atoms with Crippen LogP contribution in [0.4, 0.5) is 0 Å². The topological polar surface area (TPSA) is 84.9 Å². The highest BCUT2D eigenvalue weighted by Crippen LogP contribution is 2.36. The molecule has 0 spiro atoms. The van der Waals surface area contributed by atoms with Gasteiger partial charge in [0.25, 0.3) is 0 Å². The van der Waals surface area contributed by atoms with Crippen molar-refractivity contribution in [3.8, 4) is 11.5 Å². The fraction of sp³-hybridized carbons (Fsp3) is 0.500. The number of methoxy groups -OCH3 is 1. The summed E-state index contributed by atoms with van der Waals surface area (Å²) in [6.45, 7) is 5.53. The Morgan fingerprint density at radius 2 is 2.00 bits per heavy atom. The lowest BCUT2D eigenvalue weighted by atomic mass is 9.89. The normalized spacial score (nSPS) is 11.0. The smallest absolute Gasteiger partial charge is 0.309 e. The molecule has 7 heteroatoms. The first-order valence-electron chi connectivity index (χ1n) is 7.20. The highest BCUT2D eigenvalue weighted by Gasteiger charge is 2.30. The number of aliphatic carboxylic acids is 1. The third-order valence-electron chi connectivity index (χ3n) is 3.25. The van der Waals surface area contributed by atoms with Gasteiger partial charge in [-0.25, -0.2) is 0 Å². The Balaban J connectivity index is 2.77. The van der Waals surface area contributed by atoms with Crippen molar-refractivity contribution >= 4 is 23.5 Å². The van der Waals surface area contributed by atoms with Gasteiger partial charge >= 0.3 is 5.97 Å². The number of hydrogen-bond donors (Lipinski definition) is 2. The monoisotopic (exact) mass is 343 g/mol. The molecule has 0 saturated carbocycles. The molecule has 0 heterocycles. The van der Waals surface area contributed by atoms with Crippen LogP contribution in [0.25, 0.3) is 0 Å². The molecule has 0 aromatic heterocycles. The Morgan fingerprint density at radius 3 is 2.52 bits per heavy atom. The molecule has 0 aliphatic rings. The Morgan fingerprint density at radius 1 is 1.35 bits per heavy atom. The fourth-order valence-corrected chi connectivity index (χ4v) is 2.19. The van der Waals surface area contributed by atoms with Crippen molar-refractivity contribution in [1.82, 2.24) is 5.32 Å². The lowest BCUT2D eigenvalue weighted by molar-refractivity contribution is -0.149. The summed E-state index contributed by atoms with van der Waals surface area (Å²) in [6, 6.07) is 3.40. The number of ether oxygens (including phenoxy) is 2. The fourth-order valence-electron chi connectivity index (χ4n) is 1.90. The lowest BCUT2D eigenvalue weighted by Gasteiger charge is -2.18. The van der Waals surface area contributed by atoms with Crippen LogP contribution in [0.5, 0.6) is 11.5 Å². The summed E-state index contributed by atoms with van der Waals surface area (Å²) in [5.74, 6) is -0.423. The summed E-state index contributed by atoms with van der Waals surface area (Å²) in [5.41, 5.74) is -0.380. The number of amides is 1. The first-order chi connectivity index (χ1) is 10.7. The van der Waals surface area contributed by atoms with Crippen molar-refractivity contribution in [2.45, 2.75) is 33.7 Å². The predicted octanol–water partition coefficient (Wildman–Crippen LogP) is 2.86. The van der Waals surface area contributed by atoms with Crippen molar-refractivity contribution in [1.29, 1.82) is 0 Å². The SMILES string of the molecule is CCOc1c(Cl)cc(CNC(=O)CC(C)(C)C(=O)O)cc1OC. The molecule has 0 atom stereocenters. The van der Waals surface area contributed by atoms with E-state index in [1.165, 1.54) is 21.0 Å². The summed E-state index contributed by atoms with van der Waals surface area (Å²) in [6.07, 6.45) is -0.107. The summed E-state index contributed by atoms with van der Waals surface area (Å²) in [5, 5.41) is 12.1. The van der Waals surface area contributed by atoms with Crippen LogP contribution in [0.15, 0.2) is 12.1 Å². The minimum Gasteiger partial charge on any atom is -0.493 e. The van der Waals surface area contributed by atoms with Gasteiger partial charge in [-0.2, -0.15) is 0 Å². The molecular formula is C16H22ClNO5. The van der Waals surface area contributed by atoms with Crippen molar-refractivity contribution < 1.29 is 24.2 Å². The quantitative estimate of drug-likeness (QED) is 0.758. The number of halogens is 1. The van der Waals surface area contributed by atoms with E-state index in [1.807, 2.05) is 6.92 Å². The molecule has 0 fully saturated rings. The Labute approximate surface area is 140 Å². The summed E-state index contributed by atoms with van der Waals surface area (Å²) < 4.78 is 10.7. The van der Waals surface area contributed by atoms with Crippen LogP contribution in [-0.2, 0) is 16.1 Å². The molecule has 0 bridgehead atoms. The molecule has 0 radical (unpaired) electrons. The minimum atomic E-state index is -1.11. The second-order valence-electron chi connectivity index (χ2n) is 5.68. The number of rotatable bonds is 8. The van der Waals surface area contributed by atoms with Gasteiger partial charge in [0.05, 0.1) is 24.2 Å². The van der Waals surface area contributed by atoms with Crippen LogP contribution in [0.2, 0.25) is 5.02 Å². The van der Waals surface area contributed by atoms with Crippen molar-refractivity contribution in [2.75, 3.05) is 13.7 Å². The van der Waals surface area contributed by atoms with Gasteiger partial charge in [0.15, 0.2) is 11.5 Å². The number of carboxylic acids is 1. The van der Waals surface area contributed by atoms with E-state index in [0.717, 1.165) is 5.56 Å². The lowest BCUT2D eigenvalue weighted by Crippen LogP contribution is -2.33. The number of benzene rings is 1. The number of carbonyl (C=O) groups is 2. The standard InChI is InChI=1S/C16H22ClNO5/c1-5-23-14-11(17)6-10(7-12(14)22-4)9-18-13(19)8-16(2,3)15(20)21/h6-7H,5,8-9H2,1-4H3,(H,18,19)(H,20,21). The van der Waals surface area contributed by atoms with Crippen molar-refractivity contribution in [3.05, 3.63) is 22.7 Å². The van der Waals surface area contributed by atoms with Gasteiger partial charge in [-0.15, -0.1) is 0 Å². The van der Waals surface area contributed by atoms with E-state index in [0.29, 0.717) is 23.1 Å². The number of hydrogen-bond acceptors (Lipinski definition) is 4. The van der Waals surface area contributed by atoms with E-state index in [4.69, 9.17) is 26.2 Å². The molecule has 1 rings (SSSR count). The molecule has 128 valence electrons. The third kappa shape index (κ3) is 5.32. The summed E-state index contributed by atoms with van der Waals surface area (Å²) in [4.78, 5) is 22.9. The van der Waals surface area contributed by atoms with Crippen LogP contribution in [0, 0.1) is 5.41 Å². The second-order valence-corrected chi connectivity index (χ2v) is 6.09. The van der Waals surface area contributed by atoms with Crippen LogP contribution >= 0.6 is 11.6 Å². The number of nitrogens with one attached hydrogen (secondary N) is 1. The molecule has 1 aromatic carbocycles. The Kier molecular flexibility index (Phi) is 6.69. The molecule has 0 aliphatic carbocycles. The minimum absolute atomic E-state index is 0.107. The first kappa shape index (κ1) is 19.1. The van der Waals surface area contributed by atoms with Crippen molar-refractivity contribution in [2.24, 2.45) is 5.41 Å². The zero-order valence-corrected chi connectivity index (χ0v) is 14.5. The molecule has 2 N–H and O–H groups in total. The first-order valence-corrected chi connectivity index (χ1v) is 7.58. The maximum atomic E-state index is 11.9. The molecule has 1 aromatic rings. The van der Waals surface area contributed by atoms with Crippen LogP contribution in [0.1, 0.15) is 32.8 Å². The van der Waals surface area contributed by atoms with E-state index in [-0.39, 0.29) is 18.9 Å². The van der Waals surface area contributed by atoms with Crippen LogP contribution < -0.4 is 14.8 Å². The van der Waals surface area contributed by atoms with Gasteiger partial charge in [-0.3, -0.25) is 9.59 Å². The third-order valence-corrected chi connectivity index (χ3v) is 3.53. The van der Waals surface area contributed by atoms with Crippen molar-refractivity contribution in [3.63, 3.8) is 0 Å². The summed E-state index contributed by atoms with van der Waals surface area (Å²) >= 11 is 6.16. The molecule has 0 unspecified atom stereocenters. The van der Waals surface area contributed by atoms with E-state index in [1.54, 1.807) is 12.1 Å².